The first-order valence-corrected chi connectivity index (χ1v) is 6.51. The first-order valence-electron chi connectivity index (χ1n) is 5.63. The van der Waals surface area contributed by atoms with Crippen molar-refractivity contribution >= 4 is 23.2 Å². The maximum atomic E-state index is 11.6. The first kappa shape index (κ1) is 14.7. The van der Waals surface area contributed by atoms with Crippen LogP contribution in [0.5, 0.6) is 0 Å². The number of nitrogens with one attached hydrogen (secondary N) is 1. The Hall–Kier alpha value is -1.40. The lowest BCUT2D eigenvalue weighted by Crippen LogP contribution is -2.33. The average molecular weight is 271 g/mol. The fourth-order valence-electron chi connectivity index (χ4n) is 1.40. The Balaban J connectivity index is 2.52. The molecule has 2 N–H and O–H groups in total. The van der Waals surface area contributed by atoms with E-state index in [1.54, 1.807) is 24.6 Å². The highest BCUT2D eigenvalue weighted by Crippen LogP contribution is 2.19. The van der Waals surface area contributed by atoms with Gasteiger partial charge in [0.25, 0.3) is 0 Å². The van der Waals surface area contributed by atoms with Gasteiger partial charge in [-0.1, -0.05) is 6.07 Å². The topological polar surface area (TPSA) is 75.6 Å². The molecule has 0 aliphatic heterocycles. The Kier molecular flexibility index (Phi) is 5.80. The molecule has 18 heavy (non-hydrogen) atoms. The highest BCUT2D eigenvalue weighted by Gasteiger charge is 2.22. The molecule has 0 aliphatic rings. The zero-order chi connectivity index (χ0) is 13.5. The van der Waals surface area contributed by atoms with Gasteiger partial charge in [0.15, 0.2) is 6.04 Å². The molecule has 0 saturated carbocycles. The normalized spacial score (nSPS) is 13.9. The summed E-state index contributed by atoms with van der Waals surface area (Å²) < 4.78 is 5.03. The number of carbonyl (C=O) groups is 2. The molecule has 2 unspecified atom stereocenters. The minimum atomic E-state index is -1.05. The summed E-state index contributed by atoms with van der Waals surface area (Å²) in [6.45, 7) is 1.86. The quantitative estimate of drug-likeness (QED) is 0.793. The van der Waals surface area contributed by atoms with Crippen LogP contribution in [0.3, 0.4) is 0 Å². The molecular formula is C12H17NO4S. The van der Waals surface area contributed by atoms with E-state index in [1.165, 1.54) is 11.3 Å². The van der Waals surface area contributed by atoms with Crippen molar-refractivity contribution in [3.63, 3.8) is 0 Å². The smallest absolute Gasteiger partial charge is 0.331 e. The molecule has 1 aromatic rings. The number of ether oxygens (including phenoxy) is 1. The molecule has 1 aromatic heterocycles. The lowest BCUT2D eigenvalue weighted by atomic mass is 10.2. The van der Waals surface area contributed by atoms with Crippen LogP contribution < -0.4 is 5.32 Å². The molecule has 0 bridgehead atoms. The number of carboxylic acids is 1. The van der Waals surface area contributed by atoms with E-state index >= 15 is 0 Å². The Labute approximate surface area is 110 Å². The van der Waals surface area contributed by atoms with Crippen molar-refractivity contribution in [2.24, 2.45) is 0 Å². The Morgan fingerprint density at radius 2 is 2.28 bits per heavy atom. The summed E-state index contributed by atoms with van der Waals surface area (Å²) in [7, 11) is 1.58. The third kappa shape index (κ3) is 4.46. The minimum absolute atomic E-state index is 0.0132. The first-order chi connectivity index (χ1) is 8.54. The van der Waals surface area contributed by atoms with Crippen molar-refractivity contribution in [2.75, 3.05) is 7.11 Å². The molecule has 0 radical (unpaired) electrons. The maximum absolute atomic E-state index is 11.6. The summed E-state index contributed by atoms with van der Waals surface area (Å²) in [5, 5.41) is 13.4. The third-order valence-electron chi connectivity index (χ3n) is 2.56. The average Bonchev–Trinajstić information content (AvgIpc) is 2.86. The van der Waals surface area contributed by atoms with Gasteiger partial charge in [-0.25, -0.2) is 4.79 Å². The van der Waals surface area contributed by atoms with Crippen LogP contribution in [0.4, 0.5) is 0 Å². The molecule has 5 nitrogen and oxygen atoms in total. The van der Waals surface area contributed by atoms with Crippen LogP contribution in [0.2, 0.25) is 0 Å². The minimum Gasteiger partial charge on any atom is -0.479 e. The molecular weight excluding hydrogens is 254 g/mol. The van der Waals surface area contributed by atoms with Gasteiger partial charge in [0.1, 0.15) is 0 Å². The van der Waals surface area contributed by atoms with Crippen LogP contribution in [0, 0.1) is 0 Å². The predicted octanol–water partition coefficient (Wildman–Crippen LogP) is 1.81. The zero-order valence-corrected chi connectivity index (χ0v) is 11.2. The van der Waals surface area contributed by atoms with Crippen LogP contribution in [-0.4, -0.2) is 30.2 Å². The standard InChI is InChI=1S/C12H17NO4S/c1-8(17-2)5-6-10(14)13-11(12(15)16)9-4-3-7-18-9/h3-4,7-8,11H,5-6H2,1-2H3,(H,13,14)(H,15,16). The number of carboxylic acid groups (broad SMARTS) is 1. The van der Waals surface area contributed by atoms with Crippen LogP contribution in [-0.2, 0) is 14.3 Å². The lowest BCUT2D eigenvalue weighted by Gasteiger charge is -2.14. The molecule has 0 aromatic carbocycles. The van der Waals surface area contributed by atoms with Gasteiger partial charge in [-0.15, -0.1) is 11.3 Å². The third-order valence-corrected chi connectivity index (χ3v) is 3.50. The van der Waals surface area contributed by atoms with Gasteiger partial charge in [-0.2, -0.15) is 0 Å². The van der Waals surface area contributed by atoms with Gasteiger partial charge in [0.2, 0.25) is 5.91 Å². The molecule has 6 heteroatoms. The highest BCUT2D eigenvalue weighted by molar-refractivity contribution is 7.10. The number of hydrogen-bond acceptors (Lipinski definition) is 4. The lowest BCUT2D eigenvalue weighted by molar-refractivity contribution is -0.142. The van der Waals surface area contributed by atoms with E-state index in [-0.39, 0.29) is 18.4 Å². The number of hydrogen-bond donors (Lipinski definition) is 2. The number of methoxy groups -OCH3 is 1. The second kappa shape index (κ2) is 7.13. The Bertz CT molecular complexity index is 391. The zero-order valence-electron chi connectivity index (χ0n) is 10.4. The fourth-order valence-corrected chi connectivity index (χ4v) is 2.16. The van der Waals surface area contributed by atoms with E-state index in [0.717, 1.165) is 0 Å². The van der Waals surface area contributed by atoms with Crippen molar-refractivity contribution in [2.45, 2.75) is 31.9 Å². The highest BCUT2D eigenvalue weighted by atomic mass is 32.1. The molecule has 0 aliphatic carbocycles. The van der Waals surface area contributed by atoms with E-state index in [4.69, 9.17) is 9.84 Å². The molecule has 1 amide bonds. The molecule has 1 rings (SSSR count). The Morgan fingerprint density at radius 3 is 2.78 bits per heavy atom. The van der Waals surface area contributed by atoms with Crippen molar-refractivity contribution in [3.05, 3.63) is 22.4 Å². The van der Waals surface area contributed by atoms with E-state index in [2.05, 4.69) is 5.32 Å². The van der Waals surface area contributed by atoms with Gasteiger partial charge in [0, 0.05) is 18.4 Å². The number of thiophene rings is 1. The van der Waals surface area contributed by atoms with Crippen LogP contribution in [0.1, 0.15) is 30.7 Å². The second-order valence-electron chi connectivity index (χ2n) is 3.94. The molecule has 100 valence electrons. The monoisotopic (exact) mass is 271 g/mol. The summed E-state index contributed by atoms with van der Waals surface area (Å²) in [6, 6.07) is 2.49. The van der Waals surface area contributed by atoms with Crippen LogP contribution in [0.25, 0.3) is 0 Å². The van der Waals surface area contributed by atoms with Gasteiger partial charge in [0.05, 0.1) is 6.10 Å². The van der Waals surface area contributed by atoms with Crippen molar-refractivity contribution in [3.8, 4) is 0 Å². The van der Waals surface area contributed by atoms with E-state index < -0.39 is 12.0 Å². The summed E-state index contributed by atoms with van der Waals surface area (Å²) in [6.07, 6.45) is 0.810. The molecule has 0 saturated heterocycles. The van der Waals surface area contributed by atoms with Gasteiger partial charge in [-0.3, -0.25) is 4.79 Å². The van der Waals surface area contributed by atoms with Crippen LogP contribution in [0.15, 0.2) is 17.5 Å². The van der Waals surface area contributed by atoms with Crippen molar-refractivity contribution < 1.29 is 19.4 Å². The number of rotatable bonds is 7. The van der Waals surface area contributed by atoms with Gasteiger partial charge >= 0.3 is 5.97 Å². The summed E-state index contributed by atoms with van der Waals surface area (Å²) >= 11 is 1.31. The van der Waals surface area contributed by atoms with E-state index in [9.17, 15) is 9.59 Å². The van der Waals surface area contributed by atoms with Gasteiger partial charge in [-0.05, 0) is 24.8 Å². The summed E-state index contributed by atoms with van der Waals surface area (Å²) in [4.78, 5) is 23.4. The molecule has 0 spiro atoms. The molecule has 1 heterocycles. The van der Waals surface area contributed by atoms with Gasteiger partial charge < -0.3 is 15.2 Å². The Morgan fingerprint density at radius 1 is 1.56 bits per heavy atom. The van der Waals surface area contributed by atoms with Crippen molar-refractivity contribution in [1.29, 1.82) is 0 Å². The molecule has 2 atom stereocenters. The molecule has 0 fully saturated rings. The summed E-state index contributed by atoms with van der Waals surface area (Å²) in [5.74, 6) is -1.33. The van der Waals surface area contributed by atoms with E-state index in [0.29, 0.717) is 11.3 Å². The predicted molar refractivity (Wildman–Crippen MR) is 68.5 cm³/mol. The number of carbonyl (C=O) groups excluding carboxylic acids is 1. The number of amides is 1. The summed E-state index contributed by atoms with van der Waals surface area (Å²) in [5.41, 5.74) is 0. The fraction of sp³-hybridized carbons (Fsp3) is 0.500. The van der Waals surface area contributed by atoms with Crippen LogP contribution >= 0.6 is 11.3 Å². The SMILES string of the molecule is COC(C)CCC(=O)NC(C(=O)O)c1cccs1. The van der Waals surface area contributed by atoms with E-state index in [1.807, 2.05) is 6.92 Å². The largest absolute Gasteiger partial charge is 0.479 e. The van der Waals surface area contributed by atoms with Crippen molar-refractivity contribution in [1.82, 2.24) is 5.32 Å². The second-order valence-corrected chi connectivity index (χ2v) is 4.92. The maximum Gasteiger partial charge on any atom is 0.331 e. The number of aliphatic carboxylic acids is 1.